The Hall–Kier alpha value is -0.290. The zero-order valence-corrected chi connectivity index (χ0v) is 16.1. The van der Waals surface area contributed by atoms with Crippen molar-refractivity contribution < 1.29 is 23.0 Å². The molecule has 150 valence electrons. The van der Waals surface area contributed by atoms with Crippen LogP contribution in [-0.4, -0.2) is 23.7 Å². The molecule has 4 aliphatic rings. The van der Waals surface area contributed by atoms with Gasteiger partial charge in [0.25, 0.3) is 0 Å². The first-order valence-electron chi connectivity index (χ1n) is 10.5. The molecule has 5 heteroatoms. The predicted molar refractivity (Wildman–Crippen MR) is 93.3 cm³/mol. The van der Waals surface area contributed by atoms with Crippen LogP contribution in [0.3, 0.4) is 0 Å². The van der Waals surface area contributed by atoms with E-state index < -0.39 is 18.6 Å². The highest BCUT2D eigenvalue weighted by Crippen LogP contribution is 2.67. The SMILES string of the molecule is C[C@@]12CCC[C@H]1[C@@H]1CCC3CC(OCO)(C(F)(F)F)CC[C@]3(C)[C@@H]1CC2. The third-order valence-electron chi connectivity index (χ3n) is 9.35. The van der Waals surface area contributed by atoms with Gasteiger partial charge < -0.3 is 9.84 Å². The van der Waals surface area contributed by atoms with Crippen molar-refractivity contribution in [3.05, 3.63) is 0 Å². The second kappa shape index (κ2) is 6.10. The number of hydrogen-bond acceptors (Lipinski definition) is 2. The predicted octanol–water partition coefficient (Wildman–Crippen LogP) is 5.69. The van der Waals surface area contributed by atoms with Crippen LogP contribution in [0.2, 0.25) is 0 Å². The standard InChI is InChI=1S/C21H33F3O2/c1-18-8-3-4-16(18)15-6-5-14-12-20(26-13-25,21(22,23)24)11-10-19(14,2)17(15)7-9-18/h14-17,25H,3-13H2,1-2H3/t14?,15-,16-,17+,18-,19-,20?/m0/s1. The summed E-state index contributed by atoms with van der Waals surface area (Å²) in [6.45, 7) is 3.88. The van der Waals surface area contributed by atoms with Crippen LogP contribution < -0.4 is 0 Å². The minimum absolute atomic E-state index is 0.000399. The number of rotatable bonds is 2. The van der Waals surface area contributed by atoms with Gasteiger partial charge in [-0.2, -0.15) is 13.2 Å². The van der Waals surface area contributed by atoms with E-state index in [4.69, 9.17) is 9.84 Å². The number of hydrogen-bond donors (Lipinski definition) is 1. The van der Waals surface area contributed by atoms with Crippen molar-refractivity contribution >= 4 is 0 Å². The Bertz CT molecular complexity index is 550. The lowest BCUT2D eigenvalue weighted by atomic mass is 9.44. The largest absolute Gasteiger partial charge is 0.417 e. The Labute approximate surface area is 154 Å². The van der Waals surface area contributed by atoms with Gasteiger partial charge in [0.2, 0.25) is 0 Å². The van der Waals surface area contributed by atoms with Gasteiger partial charge in [0, 0.05) is 0 Å². The highest BCUT2D eigenvalue weighted by atomic mass is 19.4. The molecule has 0 heterocycles. The summed E-state index contributed by atoms with van der Waals surface area (Å²) in [6.07, 6.45) is 4.56. The molecule has 2 nitrogen and oxygen atoms in total. The number of alkyl halides is 3. The lowest BCUT2D eigenvalue weighted by Gasteiger charge is -2.62. The van der Waals surface area contributed by atoms with Gasteiger partial charge >= 0.3 is 6.18 Å². The summed E-state index contributed by atoms with van der Waals surface area (Å²) in [4.78, 5) is 0. The molecular formula is C21H33F3O2. The molecule has 4 rings (SSSR count). The van der Waals surface area contributed by atoms with Gasteiger partial charge in [0.05, 0.1) is 0 Å². The van der Waals surface area contributed by atoms with E-state index in [0.29, 0.717) is 23.7 Å². The van der Waals surface area contributed by atoms with Crippen LogP contribution >= 0.6 is 0 Å². The van der Waals surface area contributed by atoms with Crippen molar-refractivity contribution in [3.8, 4) is 0 Å². The fourth-order valence-corrected chi connectivity index (χ4v) is 7.82. The second-order valence-corrected chi connectivity index (χ2v) is 10.2. The number of ether oxygens (including phenoxy) is 1. The highest BCUT2D eigenvalue weighted by Gasteiger charge is 2.65. The van der Waals surface area contributed by atoms with E-state index in [0.717, 1.165) is 18.8 Å². The smallest absolute Gasteiger partial charge is 0.371 e. The average Bonchev–Trinajstić information content (AvgIpc) is 2.96. The van der Waals surface area contributed by atoms with E-state index >= 15 is 0 Å². The van der Waals surface area contributed by atoms with Crippen molar-refractivity contribution in [3.63, 3.8) is 0 Å². The van der Waals surface area contributed by atoms with Gasteiger partial charge in [-0.15, -0.1) is 0 Å². The maximum atomic E-state index is 13.8. The lowest BCUT2D eigenvalue weighted by molar-refractivity contribution is -0.319. The Morgan fingerprint density at radius 2 is 1.73 bits per heavy atom. The second-order valence-electron chi connectivity index (χ2n) is 10.2. The van der Waals surface area contributed by atoms with Crippen LogP contribution in [0.25, 0.3) is 0 Å². The summed E-state index contributed by atoms with van der Waals surface area (Å²) >= 11 is 0. The molecule has 4 aliphatic carbocycles. The molecule has 0 amide bonds. The maximum Gasteiger partial charge on any atom is 0.417 e. The monoisotopic (exact) mass is 374 g/mol. The first-order chi connectivity index (χ1) is 12.2. The van der Waals surface area contributed by atoms with E-state index in [1.165, 1.54) is 32.1 Å². The fourth-order valence-electron chi connectivity index (χ4n) is 7.82. The molecule has 0 bridgehead atoms. The van der Waals surface area contributed by atoms with Crippen molar-refractivity contribution in [2.45, 2.75) is 89.8 Å². The van der Waals surface area contributed by atoms with Gasteiger partial charge in [0.15, 0.2) is 5.60 Å². The molecule has 26 heavy (non-hydrogen) atoms. The highest BCUT2D eigenvalue weighted by molar-refractivity contribution is 5.10. The lowest BCUT2D eigenvalue weighted by Crippen LogP contribution is -2.59. The summed E-state index contributed by atoms with van der Waals surface area (Å²) < 4.78 is 46.4. The van der Waals surface area contributed by atoms with Crippen molar-refractivity contribution in [1.29, 1.82) is 0 Å². The third kappa shape index (κ3) is 2.59. The number of aliphatic hydroxyl groups excluding tert-OH is 1. The molecule has 0 aromatic carbocycles. The van der Waals surface area contributed by atoms with Crippen molar-refractivity contribution in [2.24, 2.45) is 34.5 Å². The average molecular weight is 374 g/mol. The maximum absolute atomic E-state index is 13.8. The first-order valence-corrected chi connectivity index (χ1v) is 10.5. The van der Waals surface area contributed by atoms with E-state index in [1.807, 2.05) is 0 Å². The molecule has 0 aliphatic heterocycles. The molecule has 0 aromatic heterocycles. The van der Waals surface area contributed by atoms with E-state index in [1.54, 1.807) is 0 Å². The van der Waals surface area contributed by atoms with Gasteiger partial charge in [-0.1, -0.05) is 20.3 Å². The summed E-state index contributed by atoms with van der Waals surface area (Å²) in [5.41, 5.74) is -1.66. The topological polar surface area (TPSA) is 29.5 Å². The molecule has 1 N–H and O–H groups in total. The van der Waals surface area contributed by atoms with Gasteiger partial charge in [0.1, 0.15) is 6.79 Å². The van der Waals surface area contributed by atoms with E-state index in [2.05, 4.69) is 13.8 Å². The zero-order valence-electron chi connectivity index (χ0n) is 16.1. The molecule has 0 spiro atoms. The van der Waals surface area contributed by atoms with Gasteiger partial charge in [-0.05, 0) is 92.3 Å². The quantitative estimate of drug-likeness (QED) is 0.630. The first kappa shape index (κ1) is 19.0. The van der Waals surface area contributed by atoms with Crippen LogP contribution in [0, 0.1) is 34.5 Å². The van der Waals surface area contributed by atoms with Crippen molar-refractivity contribution in [2.75, 3.05) is 6.79 Å². The van der Waals surface area contributed by atoms with Crippen LogP contribution in [0.5, 0.6) is 0 Å². The van der Waals surface area contributed by atoms with Crippen LogP contribution in [0.15, 0.2) is 0 Å². The summed E-state index contributed by atoms with van der Waals surface area (Å²) in [6, 6.07) is 0. The molecule has 4 fully saturated rings. The minimum Gasteiger partial charge on any atom is -0.371 e. The number of fused-ring (bicyclic) bond motifs is 5. The van der Waals surface area contributed by atoms with Gasteiger partial charge in [-0.3, -0.25) is 0 Å². The molecule has 0 saturated heterocycles. The normalized spacial score (nSPS) is 51.5. The third-order valence-corrected chi connectivity index (χ3v) is 9.35. The van der Waals surface area contributed by atoms with E-state index in [-0.39, 0.29) is 24.2 Å². The summed E-state index contributed by atoms with van der Waals surface area (Å²) in [5, 5.41) is 9.10. The Morgan fingerprint density at radius 1 is 0.962 bits per heavy atom. The molecule has 4 saturated carbocycles. The van der Waals surface area contributed by atoms with Crippen LogP contribution in [-0.2, 0) is 4.74 Å². The summed E-state index contributed by atoms with van der Waals surface area (Å²) in [5.74, 6) is 2.10. The molecule has 7 atom stereocenters. The van der Waals surface area contributed by atoms with Gasteiger partial charge in [-0.25, -0.2) is 0 Å². The Balaban J connectivity index is 1.59. The van der Waals surface area contributed by atoms with Crippen LogP contribution in [0.4, 0.5) is 13.2 Å². The minimum atomic E-state index is -4.41. The molecular weight excluding hydrogens is 341 g/mol. The van der Waals surface area contributed by atoms with Crippen molar-refractivity contribution in [1.82, 2.24) is 0 Å². The van der Waals surface area contributed by atoms with E-state index in [9.17, 15) is 13.2 Å². The zero-order chi connectivity index (χ0) is 18.8. The summed E-state index contributed by atoms with van der Waals surface area (Å²) in [7, 11) is 0. The Morgan fingerprint density at radius 3 is 2.42 bits per heavy atom. The molecule has 2 unspecified atom stereocenters. The molecule has 0 radical (unpaired) electrons. The molecule has 0 aromatic rings. The fraction of sp³-hybridized carbons (Fsp3) is 1.00. The Kier molecular flexibility index (Phi) is 4.47. The number of halogens is 3. The van der Waals surface area contributed by atoms with Crippen LogP contribution in [0.1, 0.15) is 78.1 Å². The number of aliphatic hydroxyl groups is 1.